The first-order valence-corrected chi connectivity index (χ1v) is 10.3. The lowest BCUT2D eigenvalue weighted by Gasteiger charge is -2.32. The Morgan fingerprint density at radius 2 is 1.77 bits per heavy atom. The molecule has 1 aliphatic rings. The summed E-state index contributed by atoms with van der Waals surface area (Å²) in [5, 5.41) is 0.744. The number of rotatable bonds is 4. The van der Waals surface area contributed by atoms with Crippen molar-refractivity contribution >= 4 is 39.1 Å². The fraction of sp³-hybridized carbons (Fsp3) is 0.294. The van der Waals surface area contributed by atoms with Crippen LogP contribution in [0.4, 0.5) is 0 Å². The predicted octanol–water partition coefficient (Wildman–Crippen LogP) is 2.97. The molecule has 138 valence electrons. The van der Waals surface area contributed by atoms with Gasteiger partial charge in [-0.1, -0.05) is 23.2 Å². The van der Waals surface area contributed by atoms with E-state index in [0.29, 0.717) is 36.5 Å². The number of amides is 1. The largest absolute Gasteiger partial charge is 0.339 e. The molecule has 9 heteroatoms. The molecule has 6 nitrogen and oxygen atoms in total. The van der Waals surface area contributed by atoms with E-state index >= 15 is 0 Å². The summed E-state index contributed by atoms with van der Waals surface area (Å²) in [5.41, 5.74) is 0.477. The number of pyridine rings is 1. The molecule has 0 atom stereocenters. The van der Waals surface area contributed by atoms with Crippen molar-refractivity contribution in [2.45, 2.75) is 23.8 Å². The van der Waals surface area contributed by atoms with Gasteiger partial charge in [0.15, 0.2) is 0 Å². The van der Waals surface area contributed by atoms with Crippen LogP contribution in [-0.2, 0) is 10.0 Å². The van der Waals surface area contributed by atoms with Gasteiger partial charge in [0.1, 0.15) is 5.15 Å². The van der Waals surface area contributed by atoms with Crippen molar-refractivity contribution in [1.29, 1.82) is 0 Å². The van der Waals surface area contributed by atoms with Gasteiger partial charge in [-0.25, -0.2) is 18.1 Å². The average molecular weight is 414 g/mol. The Kier molecular flexibility index (Phi) is 5.82. The van der Waals surface area contributed by atoms with Gasteiger partial charge in [-0.2, -0.15) is 0 Å². The molecule has 0 radical (unpaired) electrons. The van der Waals surface area contributed by atoms with Crippen LogP contribution in [0.25, 0.3) is 0 Å². The van der Waals surface area contributed by atoms with E-state index in [-0.39, 0.29) is 22.0 Å². The highest BCUT2D eigenvalue weighted by molar-refractivity contribution is 7.89. The van der Waals surface area contributed by atoms with E-state index in [4.69, 9.17) is 23.2 Å². The third kappa shape index (κ3) is 4.54. The smallest absolute Gasteiger partial charge is 0.254 e. The van der Waals surface area contributed by atoms with E-state index in [9.17, 15) is 13.2 Å². The van der Waals surface area contributed by atoms with Gasteiger partial charge in [0.2, 0.25) is 10.0 Å². The van der Waals surface area contributed by atoms with Gasteiger partial charge in [-0.15, -0.1) is 0 Å². The number of nitrogens with one attached hydrogen (secondary N) is 1. The second kappa shape index (κ2) is 7.92. The van der Waals surface area contributed by atoms with Crippen LogP contribution in [0.5, 0.6) is 0 Å². The summed E-state index contributed by atoms with van der Waals surface area (Å²) in [7, 11) is -3.61. The normalized spacial score (nSPS) is 15.8. The minimum absolute atomic E-state index is 0.131. The summed E-state index contributed by atoms with van der Waals surface area (Å²) in [6.45, 7) is 0.930. The molecular formula is C17H17Cl2N3O3S. The van der Waals surface area contributed by atoms with E-state index < -0.39 is 10.0 Å². The van der Waals surface area contributed by atoms with Gasteiger partial charge in [0, 0.05) is 35.9 Å². The van der Waals surface area contributed by atoms with E-state index in [1.54, 1.807) is 11.0 Å². The first-order valence-electron chi connectivity index (χ1n) is 8.04. The van der Waals surface area contributed by atoms with Crippen molar-refractivity contribution in [3.8, 4) is 0 Å². The molecule has 0 spiro atoms. The first-order chi connectivity index (χ1) is 12.3. The van der Waals surface area contributed by atoms with E-state index in [2.05, 4.69) is 9.71 Å². The topological polar surface area (TPSA) is 79.4 Å². The fourth-order valence-electron chi connectivity index (χ4n) is 2.82. The lowest BCUT2D eigenvalue weighted by molar-refractivity contribution is 0.0711. The molecule has 2 heterocycles. The lowest BCUT2D eigenvalue weighted by Crippen LogP contribution is -2.46. The molecule has 0 aliphatic carbocycles. The van der Waals surface area contributed by atoms with Gasteiger partial charge in [-0.3, -0.25) is 4.79 Å². The van der Waals surface area contributed by atoms with Crippen LogP contribution in [-0.4, -0.2) is 43.3 Å². The Balaban J connectivity index is 1.60. The summed E-state index contributed by atoms with van der Waals surface area (Å²) in [4.78, 5) is 18.2. The van der Waals surface area contributed by atoms with Crippen molar-refractivity contribution < 1.29 is 13.2 Å². The quantitative estimate of drug-likeness (QED) is 0.781. The van der Waals surface area contributed by atoms with Gasteiger partial charge < -0.3 is 4.90 Å². The summed E-state index contributed by atoms with van der Waals surface area (Å²) in [6.07, 6.45) is 2.57. The highest BCUT2D eigenvalue weighted by Gasteiger charge is 2.27. The van der Waals surface area contributed by atoms with Gasteiger partial charge in [-0.05, 0) is 49.2 Å². The number of hydrogen-bond acceptors (Lipinski definition) is 4. The maximum Gasteiger partial charge on any atom is 0.254 e. The van der Waals surface area contributed by atoms with Crippen LogP contribution in [0.1, 0.15) is 23.2 Å². The van der Waals surface area contributed by atoms with E-state index in [0.717, 1.165) is 0 Å². The third-order valence-corrected chi connectivity index (χ3v) is 6.20. The predicted molar refractivity (Wildman–Crippen MR) is 99.9 cm³/mol. The van der Waals surface area contributed by atoms with Crippen LogP contribution >= 0.6 is 23.2 Å². The lowest BCUT2D eigenvalue weighted by atomic mass is 10.1. The number of sulfonamides is 1. The molecule has 0 saturated carbocycles. The van der Waals surface area contributed by atoms with Gasteiger partial charge >= 0.3 is 0 Å². The Labute approximate surface area is 162 Å². The zero-order valence-corrected chi connectivity index (χ0v) is 16.1. The van der Waals surface area contributed by atoms with Crippen molar-refractivity contribution in [2.24, 2.45) is 0 Å². The minimum Gasteiger partial charge on any atom is -0.339 e. The molecule has 1 N–H and O–H groups in total. The minimum atomic E-state index is -3.61. The number of carbonyl (C=O) groups is 1. The Morgan fingerprint density at radius 3 is 2.38 bits per heavy atom. The van der Waals surface area contributed by atoms with Crippen LogP contribution in [0.3, 0.4) is 0 Å². The molecule has 1 aromatic carbocycles. The summed E-state index contributed by atoms with van der Waals surface area (Å²) >= 11 is 11.6. The molecule has 1 fully saturated rings. The highest BCUT2D eigenvalue weighted by atomic mass is 35.5. The molecule has 0 unspecified atom stereocenters. The number of benzene rings is 1. The number of nitrogens with zero attached hydrogens (tertiary/aromatic N) is 2. The summed E-state index contributed by atoms with van der Waals surface area (Å²) < 4.78 is 27.6. The third-order valence-electron chi connectivity index (χ3n) is 4.20. The van der Waals surface area contributed by atoms with Crippen molar-refractivity contribution in [3.63, 3.8) is 0 Å². The monoisotopic (exact) mass is 413 g/mol. The van der Waals surface area contributed by atoms with Crippen molar-refractivity contribution in [1.82, 2.24) is 14.6 Å². The molecule has 1 aliphatic heterocycles. The van der Waals surface area contributed by atoms with Crippen molar-refractivity contribution in [3.05, 3.63) is 58.3 Å². The summed E-state index contributed by atoms with van der Waals surface area (Å²) in [5.74, 6) is -0.131. The summed E-state index contributed by atoms with van der Waals surface area (Å²) in [6, 6.07) is 8.94. The Bertz CT molecular complexity index is 896. The van der Waals surface area contributed by atoms with Crippen LogP contribution in [0.2, 0.25) is 10.2 Å². The number of piperidine rings is 1. The van der Waals surface area contributed by atoms with Crippen LogP contribution < -0.4 is 4.72 Å². The maximum absolute atomic E-state index is 12.5. The van der Waals surface area contributed by atoms with Crippen LogP contribution in [0.15, 0.2) is 47.5 Å². The van der Waals surface area contributed by atoms with E-state index in [1.165, 1.54) is 36.5 Å². The number of likely N-dealkylation sites (tertiary alicyclic amines) is 1. The zero-order chi connectivity index (χ0) is 18.7. The molecule has 1 amide bonds. The van der Waals surface area contributed by atoms with Gasteiger partial charge in [0.05, 0.1) is 4.90 Å². The Hall–Kier alpha value is -1.67. The average Bonchev–Trinajstić information content (AvgIpc) is 2.62. The molecule has 1 saturated heterocycles. The van der Waals surface area contributed by atoms with E-state index in [1.807, 2.05) is 0 Å². The number of halogens is 2. The molecule has 26 heavy (non-hydrogen) atoms. The number of hydrogen-bond donors (Lipinski definition) is 1. The molecule has 3 rings (SSSR count). The molecule has 2 aromatic rings. The van der Waals surface area contributed by atoms with Crippen molar-refractivity contribution in [2.75, 3.05) is 13.1 Å². The maximum atomic E-state index is 12.5. The fourth-order valence-corrected chi connectivity index (χ4v) is 4.42. The number of carbonyl (C=O) groups excluding carboxylic acids is 1. The molecule has 1 aromatic heterocycles. The van der Waals surface area contributed by atoms with Crippen LogP contribution in [0, 0.1) is 0 Å². The Morgan fingerprint density at radius 1 is 1.12 bits per heavy atom. The standard InChI is InChI=1S/C17H17Cl2N3O3S/c18-13-1-3-15(4-2-13)26(24,25)21-14-6-9-22(10-7-14)17(23)12-5-8-20-16(19)11-12/h1-5,8,11,14,21H,6-7,9-10H2. The highest BCUT2D eigenvalue weighted by Crippen LogP contribution is 2.19. The first kappa shape index (κ1) is 19.1. The SMILES string of the molecule is O=C(c1ccnc(Cl)c1)N1CCC(NS(=O)(=O)c2ccc(Cl)cc2)CC1. The van der Waals surface area contributed by atoms with Gasteiger partial charge in [0.25, 0.3) is 5.91 Å². The molecular weight excluding hydrogens is 397 g/mol. The number of aromatic nitrogens is 1. The second-order valence-electron chi connectivity index (χ2n) is 6.01. The zero-order valence-electron chi connectivity index (χ0n) is 13.7. The molecule has 0 bridgehead atoms. The second-order valence-corrected chi connectivity index (χ2v) is 8.55.